The van der Waals surface area contributed by atoms with Gasteiger partial charge in [0.05, 0.1) is 23.4 Å². The monoisotopic (exact) mass is 565 g/mol. The number of pyridine rings is 1. The van der Waals surface area contributed by atoms with Crippen molar-refractivity contribution in [2.45, 2.75) is 39.3 Å². The van der Waals surface area contributed by atoms with Gasteiger partial charge >= 0.3 is 12.4 Å². The van der Waals surface area contributed by atoms with Crippen LogP contribution in [-0.2, 0) is 39.8 Å². The first kappa shape index (κ1) is 28.6. The molecule has 0 aliphatic carbocycles. The van der Waals surface area contributed by atoms with Crippen molar-refractivity contribution >= 4 is 23.4 Å². The number of benzene rings is 2. The molecule has 0 unspecified atom stereocenters. The molecule has 40 heavy (non-hydrogen) atoms. The predicted molar refractivity (Wildman–Crippen MR) is 130 cm³/mol. The van der Waals surface area contributed by atoms with E-state index in [4.69, 9.17) is 4.74 Å². The number of carbonyl (C=O) groups excluding carboxylic acids is 3. The minimum absolute atomic E-state index is 0.0142. The van der Waals surface area contributed by atoms with E-state index in [1.165, 1.54) is 26.1 Å². The maximum atomic E-state index is 13.4. The predicted octanol–water partition coefficient (Wildman–Crippen LogP) is 5.61. The van der Waals surface area contributed by atoms with Crippen LogP contribution in [0.5, 0.6) is 5.88 Å². The molecule has 0 fully saturated rings. The minimum Gasteiger partial charge on any atom is -0.467 e. The molecule has 210 valence electrons. The van der Waals surface area contributed by atoms with E-state index < -0.39 is 54.4 Å². The van der Waals surface area contributed by atoms with Gasteiger partial charge in [-0.05, 0) is 41.5 Å². The van der Waals surface area contributed by atoms with Crippen LogP contribution in [0.25, 0.3) is 11.1 Å². The second-order valence-electron chi connectivity index (χ2n) is 8.99. The van der Waals surface area contributed by atoms with Crippen molar-refractivity contribution in [1.82, 2.24) is 9.88 Å². The van der Waals surface area contributed by atoms with Crippen molar-refractivity contribution in [2.24, 2.45) is 0 Å². The Hall–Kier alpha value is -4.42. The van der Waals surface area contributed by atoms with Gasteiger partial charge in [-0.1, -0.05) is 18.2 Å². The molecule has 2 aromatic carbocycles. The third kappa shape index (κ3) is 5.92. The van der Waals surface area contributed by atoms with Gasteiger partial charge in [-0.15, -0.1) is 0 Å². The Labute approximate surface area is 224 Å². The maximum Gasteiger partial charge on any atom is 0.416 e. The molecule has 0 saturated carbocycles. The van der Waals surface area contributed by atoms with Gasteiger partial charge in [-0.3, -0.25) is 19.3 Å². The second kappa shape index (κ2) is 10.6. The summed E-state index contributed by atoms with van der Waals surface area (Å²) in [6.07, 6.45) is -8.72. The fourth-order valence-electron chi connectivity index (χ4n) is 4.44. The molecule has 0 spiro atoms. The molecule has 0 radical (unpaired) electrons. The SMILES string of the molecule is CC(=O)N(C(C)=O)c1ccccc1-c1ccnc2c1CN(Cc1cc(C(F)(F)F)cc(C(F)(F)F)c1)C(=O)CO2. The fourth-order valence-corrected chi connectivity index (χ4v) is 4.44. The Bertz CT molecular complexity index is 1440. The number of anilines is 1. The molecule has 1 aliphatic heterocycles. The van der Waals surface area contributed by atoms with E-state index in [0.29, 0.717) is 23.3 Å². The van der Waals surface area contributed by atoms with E-state index in [0.717, 1.165) is 9.80 Å². The summed E-state index contributed by atoms with van der Waals surface area (Å²) in [4.78, 5) is 43.5. The Kier molecular flexibility index (Phi) is 7.59. The summed E-state index contributed by atoms with van der Waals surface area (Å²) in [7, 11) is 0. The highest BCUT2D eigenvalue weighted by Gasteiger charge is 2.37. The Morgan fingerprint density at radius 3 is 2.10 bits per heavy atom. The number of nitrogens with zero attached hydrogens (tertiary/aromatic N) is 3. The number of halogens is 6. The maximum absolute atomic E-state index is 13.4. The highest BCUT2D eigenvalue weighted by atomic mass is 19.4. The molecular formula is C27H21F6N3O4. The van der Waals surface area contributed by atoms with Gasteiger partial charge in [-0.25, -0.2) is 4.98 Å². The van der Waals surface area contributed by atoms with Crippen molar-refractivity contribution in [3.05, 3.63) is 77.0 Å². The third-order valence-electron chi connectivity index (χ3n) is 6.14. The number of para-hydroxylation sites is 1. The van der Waals surface area contributed by atoms with E-state index in [1.807, 2.05) is 0 Å². The Morgan fingerprint density at radius 2 is 1.52 bits per heavy atom. The lowest BCUT2D eigenvalue weighted by atomic mass is 9.98. The number of hydrogen-bond acceptors (Lipinski definition) is 5. The molecule has 0 saturated heterocycles. The number of ether oxygens (including phenoxy) is 1. The van der Waals surface area contributed by atoms with Gasteiger partial charge in [0, 0.05) is 37.7 Å². The zero-order valence-corrected chi connectivity index (χ0v) is 21.1. The molecule has 7 nitrogen and oxygen atoms in total. The molecule has 13 heteroatoms. The van der Waals surface area contributed by atoms with Crippen LogP contribution in [-0.4, -0.2) is 34.2 Å². The number of alkyl halides is 6. The van der Waals surface area contributed by atoms with Gasteiger partial charge < -0.3 is 9.64 Å². The summed E-state index contributed by atoms with van der Waals surface area (Å²) >= 11 is 0. The summed E-state index contributed by atoms with van der Waals surface area (Å²) in [6.45, 7) is 0.974. The van der Waals surface area contributed by atoms with Crippen molar-refractivity contribution < 1.29 is 45.5 Å². The summed E-state index contributed by atoms with van der Waals surface area (Å²) in [5, 5.41) is 0. The zero-order chi connectivity index (χ0) is 29.4. The Balaban J connectivity index is 1.79. The number of aromatic nitrogens is 1. The van der Waals surface area contributed by atoms with Crippen LogP contribution in [0.15, 0.2) is 54.7 Å². The van der Waals surface area contributed by atoms with Crippen LogP contribution in [0.3, 0.4) is 0 Å². The third-order valence-corrected chi connectivity index (χ3v) is 6.14. The quantitative estimate of drug-likeness (QED) is 0.385. The van der Waals surface area contributed by atoms with E-state index in [-0.39, 0.29) is 35.3 Å². The number of imide groups is 1. The van der Waals surface area contributed by atoms with Gasteiger partial charge in [0.15, 0.2) is 6.61 Å². The van der Waals surface area contributed by atoms with E-state index in [1.54, 1.807) is 24.3 Å². The van der Waals surface area contributed by atoms with Gasteiger partial charge in [0.25, 0.3) is 5.91 Å². The van der Waals surface area contributed by atoms with Crippen LogP contribution in [0, 0.1) is 0 Å². The van der Waals surface area contributed by atoms with Crippen molar-refractivity contribution in [3.8, 4) is 17.0 Å². The lowest BCUT2D eigenvalue weighted by Crippen LogP contribution is -2.33. The highest BCUT2D eigenvalue weighted by Crippen LogP contribution is 2.39. The zero-order valence-electron chi connectivity index (χ0n) is 21.1. The molecule has 1 aliphatic rings. The van der Waals surface area contributed by atoms with E-state index in [9.17, 15) is 40.7 Å². The highest BCUT2D eigenvalue weighted by molar-refractivity contribution is 6.15. The van der Waals surface area contributed by atoms with Crippen molar-refractivity contribution in [3.63, 3.8) is 0 Å². The molecule has 2 heterocycles. The fraction of sp³-hybridized carbons (Fsp3) is 0.259. The number of fused-ring (bicyclic) bond motifs is 1. The lowest BCUT2D eigenvalue weighted by molar-refractivity contribution is -0.143. The number of carbonyl (C=O) groups is 3. The summed E-state index contributed by atoms with van der Waals surface area (Å²) < 4.78 is 85.8. The van der Waals surface area contributed by atoms with Crippen LogP contribution in [0.2, 0.25) is 0 Å². The van der Waals surface area contributed by atoms with Gasteiger partial charge in [0.2, 0.25) is 17.7 Å². The van der Waals surface area contributed by atoms with E-state index in [2.05, 4.69) is 4.98 Å². The average Bonchev–Trinajstić information content (AvgIpc) is 3.01. The second-order valence-corrected chi connectivity index (χ2v) is 8.99. The van der Waals surface area contributed by atoms with Gasteiger partial charge in [0.1, 0.15) is 0 Å². The van der Waals surface area contributed by atoms with Crippen LogP contribution in [0.1, 0.15) is 36.1 Å². The largest absolute Gasteiger partial charge is 0.467 e. The lowest BCUT2D eigenvalue weighted by Gasteiger charge is -2.24. The first-order chi connectivity index (χ1) is 18.7. The molecule has 0 N–H and O–H groups in total. The first-order valence-corrected chi connectivity index (χ1v) is 11.7. The summed E-state index contributed by atoms with van der Waals surface area (Å²) in [5.74, 6) is -1.80. The van der Waals surface area contributed by atoms with Crippen molar-refractivity contribution in [1.29, 1.82) is 0 Å². The smallest absolute Gasteiger partial charge is 0.416 e. The summed E-state index contributed by atoms with van der Waals surface area (Å²) in [5.41, 5.74) is -2.08. The van der Waals surface area contributed by atoms with Crippen LogP contribution < -0.4 is 9.64 Å². The molecule has 1 aromatic heterocycles. The first-order valence-electron chi connectivity index (χ1n) is 11.7. The van der Waals surface area contributed by atoms with Gasteiger partial charge in [-0.2, -0.15) is 26.3 Å². The normalized spacial score (nSPS) is 13.8. The number of hydrogen-bond donors (Lipinski definition) is 0. The van der Waals surface area contributed by atoms with Crippen molar-refractivity contribution in [2.75, 3.05) is 11.5 Å². The molecule has 3 amide bonds. The minimum atomic E-state index is -5.05. The Morgan fingerprint density at radius 1 is 0.925 bits per heavy atom. The number of amides is 3. The van der Waals surface area contributed by atoms with Crippen LogP contribution in [0.4, 0.5) is 32.0 Å². The molecule has 3 aromatic rings. The molecule has 4 rings (SSSR count). The molecular weight excluding hydrogens is 544 g/mol. The van der Waals surface area contributed by atoms with Crippen LogP contribution >= 0.6 is 0 Å². The van der Waals surface area contributed by atoms with E-state index >= 15 is 0 Å². The molecule has 0 bridgehead atoms. The topological polar surface area (TPSA) is 79.8 Å². The standard InChI is InChI=1S/C27H21F6N3O4/c1-15(37)36(16(2)38)23-6-4-3-5-21(23)20-7-8-34-25-22(20)13-35(24(39)14-40-25)12-17-9-18(26(28,29)30)11-19(10-17)27(31,32)33/h3-11H,12-14H2,1-2H3. The molecule has 0 atom stereocenters. The summed E-state index contributed by atoms with van der Waals surface area (Å²) in [6, 6.07) is 9.08. The number of rotatable bonds is 4. The average molecular weight is 565 g/mol.